The quantitative estimate of drug-likeness (QED) is 0.363. The van der Waals surface area contributed by atoms with Gasteiger partial charge in [0.2, 0.25) is 0 Å². The summed E-state index contributed by atoms with van der Waals surface area (Å²) in [5.41, 5.74) is 5.46. The summed E-state index contributed by atoms with van der Waals surface area (Å²) < 4.78 is 6.03. The average molecular weight is 208 g/mol. The van der Waals surface area contributed by atoms with Crippen LogP contribution in [-0.4, -0.2) is 39.2 Å². The Kier molecular flexibility index (Phi) is 6.65. The largest absolute Gasteiger partial charge is 0.350 e. The van der Waals surface area contributed by atoms with E-state index in [1.165, 1.54) is 33.4 Å². The predicted molar refractivity (Wildman–Crippen MR) is 52.1 cm³/mol. The molecule has 0 fully saturated rings. The van der Waals surface area contributed by atoms with E-state index in [1.54, 1.807) is 0 Å². The van der Waals surface area contributed by atoms with Crippen molar-refractivity contribution in [2.75, 3.05) is 0 Å². The van der Waals surface area contributed by atoms with Crippen molar-refractivity contribution in [1.82, 2.24) is 5.48 Å². The first-order chi connectivity index (χ1) is 6.47. The molecular weight excluding hydrogens is 195 g/mol. The number of carbonyl (C=O) groups excluding carboxylic acids is 1. The van der Waals surface area contributed by atoms with Crippen LogP contribution < -0.4 is 11.2 Å². The maximum absolute atomic E-state index is 9.23. The number of carbonyl (C=O) groups is 1. The van der Waals surface area contributed by atoms with E-state index in [1.807, 2.05) is 13.0 Å². The Bertz CT molecular complexity index is 286. The van der Waals surface area contributed by atoms with Gasteiger partial charge in [-0.15, -0.1) is 0 Å². The third-order valence-corrected chi connectivity index (χ3v) is 2.01. The number of aryl methyl sites for hydroxylation is 1. The van der Waals surface area contributed by atoms with Crippen molar-refractivity contribution >= 4 is 34.0 Å². The number of nitrogens with one attached hydrogen (secondary N) is 1. The Hall–Kier alpha value is -0.490. The van der Waals surface area contributed by atoms with Crippen LogP contribution in [0.5, 0.6) is 0 Å². The summed E-state index contributed by atoms with van der Waals surface area (Å²) in [5.74, 6) is 2.16. The molecule has 1 unspecified atom stereocenters. The summed E-state index contributed by atoms with van der Waals surface area (Å²) in [6.07, 6.45) is 0. The van der Waals surface area contributed by atoms with Gasteiger partial charge in [0.1, 0.15) is 0 Å². The molecule has 6 heteroatoms. The van der Waals surface area contributed by atoms with E-state index in [-0.39, 0.29) is 0 Å². The Morgan fingerprint density at radius 3 is 2.36 bits per heavy atom. The van der Waals surface area contributed by atoms with Gasteiger partial charge in [-0.25, -0.2) is 10.3 Å². The van der Waals surface area contributed by atoms with E-state index in [0.29, 0.717) is 3.17 Å². The topological polar surface area (TPSA) is 88.5 Å². The van der Waals surface area contributed by atoms with Gasteiger partial charge in [0.25, 0.3) is 0 Å². The van der Waals surface area contributed by atoms with E-state index in [9.17, 15) is 4.79 Å². The number of hydrogen-bond acceptors (Lipinski definition) is 3. The van der Waals surface area contributed by atoms with E-state index in [4.69, 9.17) is 9.62 Å². The van der Waals surface area contributed by atoms with Crippen LogP contribution in [0.3, 0.4) is 0 Å². The van der Waals surface area contributed by atoms with Gasteiger partial charge in [-0.1, -0.05) is 0 Å². The van der Waals surface area contributed by atoms with Gasteiger partial charge in [-0.2, -0.15) is 0 Å². The molecule has 0 aliphatic rings. The SMILES string of the molecule is Cc1ccc([CH](C)[Na])o1.NC(=O)NO. The van der Waals surface area contributed by atoms with Crippen LogP contribution in [0.15, 0.2) is 16.5 Å². The average Bonchev–Trinajstić information content (AvgIpc) is 2.53. The second kappa shape index (κ2) is 6.89. The number of furan rings is 1. The van der Waals surface area contributed by atoms with Crippen LogP contribution in [0.25, 0.3) is 0 Å². The third-order valence-electron chi connectivity index (χ3n) is 1.44. The molecule has 1 rings (SSSR count). The van der Waals surface area contributed by atoms with E-state index in [0.717, 1.165) is 11.5 Å². The monoisotopic (exact) mass is 208 g/mol. The van der Waals surface area contributed by atoms with Gasteiger partial charge in [-0.3, -0.25) is 5.21 Å². The molecule has 0 saturated carbocycles. The number of urea groups is 1. The molecule has 0 aromatic carbocycles. The summed E-state index contributed by atoms with van der Waals surface area (Å²) in [6.45, 7) is 4.16. The molecule has 1 aromatic heterocycles. The molecule has 0 aliphatic heterocycles. The molecule has 1 aromatic rings. The fraction of sp³-hybridized carbons (Fsp3) is 0.375. The van der Waals surface area contributed by atoms with Crippen molar-refractivity contribution in [3.05, 3.63) is 23.7 Å². The molecule has 1 atom stereocenters. The van der Waals surface area contributed by atoms with Crippen LogP contribution in [0.1, 0.15) is 21.6 Å². The number of nitrogens with two attached hydrogens (primary N) is 1. The van der Waals surface area contributed by atoms with Crippen molar-refractivity contribution in [1.29, 1.82) is 0 Å². The molecule has 14 heavy (non-hydrogen) atoms. The standard InChI is InChI=1S/C7H9O.CH4N2O2.Na/c1-3-7-5-4-6(2)8-7;2-1(4)3-5;/h3-5H,1-2H3;5H,(H3,2,3,4);. The van der Waals surface area contributed by atoms with E-state index >= 15 is 0 Å². The number of hydroxylamine groups is 1. The van der Waals surface area contributed by atoms with Gasteiger partial charge in [0, 0.05) is 0 Å². The zero-order valence-corrected chi connectivity index (χ0v) is 10.6. The first-order valence-electron chi connectivity index (χ1n) is 4.23. The number of rotatable bonds is 1. The maximum Gasteiger partial charge on any atom is 0.335 e. The smallest absolute Gasteiger partial charge is 0.335 e. The van der Waals surface area contributed by atoms with Crippen LogP contribution in [0, 0.1) is 6.92 Å². The molecule has 0 saturated heterocycles. The summed E-state index contributed by atoms with van der Waals surface area (Å²) in [4.78, 5) is 9.23. The Balaban J connectivity index is 0.000000292. The summed E-state index contributed by atoms with van der Waals surface area (Å²) in [5, 5.41) is 7.42. The molecule has 74 valence electrons. The van der Waals surface area contributed by atoms with E-state index < -0.39 is 6.03 Å². The molecule has 1 heterocycles. The molecule has 2 amide bonds. The predicted octanol–water partition coefficient (Wildman–Crippen LogP) is 0.861. The second-order valence-corrected chi connectivity index (χ2v) is 4.81. The molecule has 0 spiro atoms. The Morgan fingerprint density at radius 1 is 1.71 bits per heavy atom. The van der Waals surface area contributed by atoms with E-state index in [2.05, 4.69) is 18.7 Å². The molecule has 5 nitrogen and oxygen atoms in total. The van der Waals surface area contributed by atoms with Crippen LogP contribution in [0.4, 0.5) is 4.79 Å². The van der Waals surface area contributed by atoms with Crippen molar-refractivity contribution in [2.24, 2.45) is 5.73 Å². The number of amides is 2. The molecule has 0 aliphatic carbocycles. The third kappa shape index (κ3) is 6.04. The summed E-state index contributed by atoms with van der Waals surface area (Å²) in [6, 6.07) is 3.14. The minimum Gasteiger partial charge on any atom is -0.350 e. The van der Waals surface area contributed by atoms with Gasteiger partial charge in [0.15, 0.2) is 0 Å². The van der Waals surface area contributed by atoms with Gasteiger partial charge < -0.3 is 5.73 Å². The van der Waals surface area contributed by atoms with Crippen LogP contribution in [0.2, 0.25) is 0 Å². The number of hydrogen-bond donors (Lipinski definition) is 3. The minimum absolute atomic E-state index is 0.652. The fourth-order valence-electron chi connectivity index (χ4n) is 0.764. The molecule has 0 radical (unpaired) electrons. The normalized spacial score (nSPS) is 11.2. The van der Waals surface area contributed by atoms with Crippen molar-refractivity contribution in [2.45, 2.75) is 17.0 Å². The number of primary amides is 1. The van der Waals surface area contributed by atoms with Gasteiger partial charge >= 0.3 is 79.0 Å². The zero-order valence-electron chi connectivity index (χ0n) is 8.57. The zero-order chi connectivity index (χ0) is 11.1. The van der Waals surface area contributed by atoms with Crippen molar-refractivity contribution in [3.63, 3.8) is 0 Å². The first kappa shape index (κ1) is 13.5. The van der Waals surface area contributed by atoms with Crippen molar-refractivity contribution < 1.29 is 14.4 Å². The maximum atomic E-state index is 9.23. The molecule has 0 bridgehead atoms. The van der Waals surface area contributed by atoms with Crippen LogP contribution >= 0.6 is 0 Å². The van der Waals surface area contributed by atoms with Crippen molar-refractivity contribution in [3.8, 4) is 0 Å². The van der Waals surface area contributed by atoms with Crippen LogP contribution in [-0.2, 0) is 0 Å². The first-order valence-corrected chi connectivity index (χ1v) is 5.38. The minimum atomic E-state index is -0.940. The summed E-state index contributed by atoms with van der Waals surface area (Å²) in [7, 11) is 0. The molecular formula is C8H13N2NaO3. The van der Waals surface area contributed by atoms with Gasteiger partial charge in [-0.05, 0) is 0 Å². The Morgan fingerprint density at radius 2 is 2.21 bits per heavy atom. The molecule has 4 N–H and O–H groups in total. The summed E-state index contributed by atoms with van der Waals surface area (Å²) >= 11 is 1.18. The second-order valence-electron chi connectivity index (χ2n) is 3.08. The van der Waals surface area contributed by atoms with Gasteiger partial charge in [0.05, 0.1) is 0 Å². The fourth-order valence-corrected chi connectivity index (χ4v) is 1.07. The Labute approximate surface area is 100 Å².